The summed E-state index contributed by atoms with van der Waals surface area (Å²) in [6, 6.07) is 63.9. The van der Waals surface area contributed by atoms with Gasteiger partial charge in [0.2, 0.25) is 0 Å². The number of fused-ring (bicyclic) bond motifs is 5. The molecule has 0 fully saturated rings. The van der Waals surface area contributed by atoms with Crippen LogP contribution in [0.1, 0.15) is 0 Å². The fourth-order valence-electron chi connectivity index (χ4n) is 7.35. The highest BCUT2D eigenvalue weighted by Gasteiger charge is 2.17. The zero-order valence-electron chi connectivity index (χ0n) is 27.6. The second-order valence-electron chi connectivity index (χ2n) is 13.0. The van der Waals surface area contributed by atoms with Crippen LogP contribution in [0, 0.1) is 0 Å². The van der Waals surface area contributed by atoms with Gasteiger partial charge in [0.1, 0.15) is 11.2 Å². The molecule has 3 nitrogen and oxygen atoms in total. The largest absolute Gasteiger partial charge is 0.455 e. The number of benzene rings is 8. The molecule has 3 heteroatoms. The molecule has 0 saturated carbocycles. The summed E-state index contributed by atoms with van der Waals surface area (Å²) in [5, 5.41) is 7.00. The Bertz CT molecular complexity index is 2920. The van der Waals surface area contributed by atoms with Crippen LogP contribution in [-0.2, 0) is 0 Å². The van der Waals surface area contributed by atoms with Gasteiger partial charge in [0.25, 0.3) is 0 Å². The molecular formula is C48H30N2O. The molecule has 0 unspecified atom stereocenters. The summed E-state index contributed by atoms with van der Waals surface area (Å²) < 4.78 is 6.56. The van der Waals surface area contributed by atoms with Gasteiger partial charge >= 0.3 is 0 Å². The fourth-order valence-corrected chi connectivity index (χ4v) is 7.35. The Morgan fingerprint density at radius 1 is 0.333 bits per heavy atom. The molecule has 0 atom stereocenters. The first kappa shape index (κ1) is 29.1. The van der Waals surface area contributed by atoms with Crippen molar-refractivity contribution in [2.75, 3.05) is 0 Å². The summed E-state index contributed by atoms with van der Waals surface area (Å²) >= 11 is 0. The zero-order chi connectivity index (χ0) is 33.7. The smallest absolute Gasteiger partial charge is 0.160 e. The zero-order valence-corrected chi connectivity index (χ0v) is 27.6. The molecule has 0 saturated heterocycles. The lowest BCUT2D eigenvalue weighted by atomic mass is 9.91. The molecule has 0 bridgehead atoms. The number of nitrogens with zero attached hydrogens (tertiary/aromatic N) is 2. The summed E-state index contributed by atoms with van der Waals surface area (Å²) in [6.45, 7) is 0. The van der Waals surface area contributed by atoms with E-state index in [4.69, 9.17) is 14.4 Å². The van der Waals surface area contributed by atoms with E-state index in [0.29, 0.717) is 5.82 Å². The highest BCUT2D eigenvalue weighted by molar-refractivity contribution is 6.10. The standard InChI is InChI=1S/C48H30N2O/c1-2-14-33(15-3-1)48-49-44(35-25-24-31-12-4-5-16-34(31)26-35)30-45(50-48)38-28-36(40-20-10-17-32-13-6-7-18-39(32)40)27-37(29-38)41-21-11-22-43-42-19-8-9-23-46(42)51-47(41)43/h1-30H. The normalized spacial score (nSPS) is 11.5. The third-order valence-electron chi connectivity index (χ3n) is 9.85. The van der Waals surface area contributed by atoms with Gasteiger partial charge in [-0.05, 0) is 74.6 Å². The first-order valence-corrected chi connectivity index (χ1v) is 17.2. The van der Waals surface area contributed by atoms with Crippen molar-refractivity contribution in [1.82, 2.24) is 9.97 Å². The summed E-state index contributed by atoms with van der Waals surface area (Å²) in [4.78, 5) is 10.4. The van der Waals surface area contributed by atoms with Crippen LogP contribution in [-0.4, -0.2) is 9.97 Å². The molecule has 0 spiro atoms. The average molecular weight is 651 g/mol. The van der Waals surface area contributed by atoms with Gasteiger partial charge in [-0.15, -0.1) is 0 Å². The van der Waals surface area contributed by atoms with E-state index in [2.05, 4.69) is 152 Å². The first-order valence-electron chi connectivity index (χ1n) is 17.2. The van der Waals surface area contributed by atoms with E-state index in [1.807, 2.05) is 30.3 Å². The first-order chi connectivity index (χ1) is 25.2. The van der Waals surface area contributed by atoms with Crippen molar-refractivity contribution in [2.45, 2.75) is 0 Å². The van der Waals surface area contributed by atoms with Crippen LogP contribution in [0.15, 0.2) is 186 Å². The van der Waals surface area contributed by atoms with Gasteiger partial charge in [0.15, 0.2) is 5.82 Å². The van der Waals surface area contributed by atoms with Gasteiger partial charge in [0.05, 0.1) is 11.4 Å². The van der Waals surface area contributed by atoms with Crippen molar-refractivity contribution in [3.8, 4) is 56.2 Å². The van der Waals surface area contributed by atoms with Gasteiger partial charge in [-0.2, -0.15) is 0 Å². The number of para-hydroxylation sites is 2. The molecule has 8 aromatic carbocycles. The maximum Gasteiger partial charge on any atom is 0.160 e. The van der Waals surface area contributed by atoms with Gasteiger partial charge in [-0.25, -0.2) is 9.97 Å². The van der Waals surface area contributed by atoms with E-state index in [0.717, 1.165) is 66.7 Å². The van der Waals surface area contributed by atoms with E-state index < -0.39 is 0 Å². The predicted molar refractivity (Wildman–Crippen MR) is 212 cm³/mol. The fraction of sp³-hybridized carbons (Fsp3) is 0. The topological polar surface area (TPSA) is 38.9 Å². The summed E-state index contributed by atoms with van der Waals surface area (Å²) in [5.41, 5.74) is 10.9. The Morgan fingerprint density at radius 3 is 1.80 bits per heavy atom. The Kier molecular flexibility index (Phi) is 6.81. The van der Waals surface area contributed by atoms with E-state index >= 15 is 0 Å². The molecule has 0 N–H and O–H groups in total. The Balaban J connectivity index is 1.24. The van der Waals surface area contributed by atoms with Crippen LogP contribution < -0.4 is 0 Å². The molecule has 10 rings (SSSR count). The van der Waals surface area contributed by atoms with Crippen LogP contribution in [0.2, 0.25) is 0 Å². The van der Waals surface area contributed by atoms with Crippen LogP contribution in [0.25, 0.3) is 99.6 Å². The van der Waals surface area contributed by atoms with Crippen LogP contribution >= 0.6 is 0 Å². The van der Waals surface area contributed by atoms with E-state index in [1.165, 1.54) is 27.1 Å². The number of hydrogen-bond acceptors (Lipinski definition) is 3. The average Bonchev–Trinajstić information content (AvgIpc) is 3.59. The maximum atomic E-state index is 6.56. The number of hydrogen-bond donors (Lipinski definition) is 0. The Labute approximate surface area is 295 Å². The molecule has 0 radical (unpaired) electrons. The summed E-state index contributed by atoms with van der Waals surface area (Å²) in [6.07, 6.45) is 0. The molecule has 51 heavy (non-hydrogen) atoms. The highest BCUT2D eigenvalue weighted by Crippen LogP contribution is 2.41. The van der Waals surface area contributed by atoms with Crippen LogP contribution in [0.5, 0.6) is 0 Å². The molecule has 0 aliphatic carbocycles. The SMILES string of the molecule is c1ccc(-c2nc(-c3cc(-c4cccc5ccccc45)cc(-c4cccc5c4oc4ccccc45)c3)cc(-c3ccc4ccccc4c3)n2)cc1. The lowest BCUT2D eigenvalue weighted by Crippen LogP contribution is -1.97. The predicted octanol–water partition coefficient (Wildman–Crippen LogP) is 13.0. The molecule has 2 heterocycles. The molecule has 10 aromatic rings. The van der Waals surface area contributed by atoms with Crippen molar-refractivity contribution in [1.29, 1.82) is 0 Å². The lowest BCUT2D eigenvalue weighted by Gasteiger charge is -2.14. The molecule has 238 valence electrons. The quantitative estimate of drug-likeness (QED) is 0.186. The van der Waals surface area contributed by atoms with Gasteiger partial charge in [0, 0.05) is 33.0 Å². The Hall–Kier alpha value is -6.84. The van der Waals surface area contributed by atoms with E-state index in [9.17, 15) is 0 Å². The van der Waals surface area contributed by atoms with Crippen LogP contribution in [0.3, 0.4) is 0 Å². The third-order valence-corrected chi connectivity index (χ3v) is 9.85. The monoisotopic (exact) mass is 650 g/mol. The molecule has 0 aliphatic rings. The number of aromatic nitrogens is 2. The molecular weight excluding hydrogens is 621 g/mol. The maximum absolute atomic E-state index is 6.56. The molecule has 0 aliphatic heterocycles. The molecule has 0 amide bonds. The van der Waals surface area contributed by atoms with Crippen LogP contribution in [0.4, 0.5) is 0 Å². The number of furan rings is 1. The van der Waals surface area contributed by atoms with Crippen molar-refractivity contribution < 1.29 is 4.42 Å². The van der Waals surface area contributed by atoms with Crippen molar-refractivity contribution >= 4 is 43.5 Å². The lowest BCUT2D eigenvalue weighted by molar-refractivity contribution is 0.670. The van der Waals surface area contributed by atoms with E-state index in [1.54, 1.807) is 0 Å². The summed E-state index contributed by atoms with van der Waals surface area (Å²) in [7, 11) is 0. The number of rotatable bonds is 5. The minimum Gasteiger partial charge on any atom is -0.455 e. The minimum atomic E-state index is 0.688. The third kappa shape index (κ3) is 5.15. The second-order valence-corrected chi connectivity index (χ2v) is 13.0. The molecule has 2 aromatic heterocycles. The van der Waals surface area contributed by atoms with Crippen molar-refractivity contribution in [3.63, 3.8) is 0 Å². The van der Waals surface area contributed by atoms with E-state index in [-0.39, 0.29) is 0 Å². The Morgan fingerprint density at radius 2 is 0.941 bits per heavy atom. The van der Waals surface area contributed by atoms with Gasteiger partial charge < -0.3 is 4.42 Å². The second kappa shape index (κ2) is 11.9. The highest BCUT2D eigenvalue weighted by atomic mass is 16.3. The van der Waals surface area contributed by atoms with Crippen molar-refractivity contribution in [2.24, 2.45) is 0 Å². The van der Waals surface area contributed by atoms with Gasteiger partial charge in [-0.1, -0.05) is 146 Å². The van der Waals surface area contributed by atoms with Crippen molar-refractivity contribution in [3.05, 3.63) is 182 Å². The minimum absolute atomic E-state index is 0.688. The summed E-state index contributed by atoms with van der Waals surface area (Å²) in [5.74, 6) is 0.688. The van der Waals surface area contributed by atoms with Gasteiger partial charge in [-0.3, -0.25) is 0 Å².